The van der Waals surface area contributed by atoms with Gasteiger partial charge in [0.15, 0.2) is 0 Å². The largest absolute Gasteiger partial charge is 0.496 e. The average Bonchev–Trinajstić information content (AvgIpc) is 3.01. The molecule has 112 valence electrons. The zero-order chi connectivity index (χ0) is 15.2. The maximum Gasteiger partial charge on any atom is 0.328 e. The summed E-state index contributed by atoms with van der Waals surface area (Å²) < 4.78 is 9.97. The topological polar surface area (TPSA) is 55.8 Å². The van der Waals surface area contributed by atoms with Crippen LogP contribution in [-0.4, -0.2) is 43.6 Å². The average molecular weight is 289 g/mol. The van der Waals surface area contributed by atoms with Crippen LogP contribution >= 0.6 is 0 Å². The first-order valence-corrected chi connectivity index (χ1v) is 6.87. The first-order chi connectivity index (χ1) is 10.2. The number of hydrogen-bond donors (Lipinski definition) is 0. The van der Waals surface area contributed by atoms with Crippen LogP contribution in [0.25, 0.3) is 6.08 Å². The lowest BCUT2D eigenvalue weighted by Gasteiger charge is -2.21. The van der Waals surface area contributed by atoms with Crippen LogP contribution in [0.4, 0.5) is 0 Å². The van der Waals surface area contributed by atoms with E-state index in [4.69, 9.17) is 9.47 Å². The molecule has 1 aromatic rings. The number of para-hydroxylation sites is 1. The Morgan fingerprint density at radius 2 is 2.05 bits per heavy atom. The van der Waals surface area contributed by atoms with E-state index in [0.717, 1.165) is 12.0 Å². The summed E-state index contributed by atoms with van der Waals surface area (Å²) in [6, 6.07) is 6.97. The third-order valence-electron chi connectivity index (χ3n) is 3.55. The first-order valence-electron chi connectivity index (χ1n) is 6.87. The van der Waals surface area contributed by atoms with Gasteiger partial charge in [0.1, 0.15) is 11.8 Å². The Labute approximate surface area is 124 Å². The minimum absolute atomic E-state index is 0.186. The number of hydrogen-bond acceptors (Lipinski definition) is 4. The predicted molar refractivity (Wildman–Crippen MR) is 78.8 cm³/mol. The molecule has 1 heterocycles. The maximum atomic E-state index is 12.2. The van der Waals surface area contributed by atoms with Crippen molar-refractivity contribution in [2.75, 3.05) is 20.8 Å². The Kier molecular flexibility index (Phi) is 4.98. The second kappa shape index (κ2) is 6.92. The molecule has 1 saturated heterocycles. The van der Waals surface area contributed by atoms with Gasteiger partial charge in [-0.05, 0) is 25.0 Å². The van der Waals surface area contributed by atoms with Crippen molar-refractivity contribution in [3.8, 4) is 5.75 Å². The molecule has 21 heavy (non-hydrogen) atoms. The highest BCUT2D eigenvalue weighted by Gasteiger charge is 2.33. The highest BCUT2D eigenvalue weighted by atomic mass is 16.5. The number of likely N-dealkylation sites (tertiary alicyclic amines) is 1. The van der Waals surface area contributed by atoms with Crippen LogP contribution in [0.3, 0.4) is 0 Å². The third kappa shape index (κ3) is 3.42. The molecule has 1 unspecified atom stereocenters. The second-order valence-corrected chi connectivity index (χ2v) is 4.79. The Balaban J connectivity index is 2.10. The summed E-state index contributed by atoms with van der Waals surface area (Å²) >= 11 is 0. The highest BCUT2D eigenvalue weighted by Crippen LogP contribution is 2.21. The standard InChI is InChI=1S/C16H19NO4/c1-20-14-8-4-3-6-12(14)9-10-15(18)17-11-5-7-13(17)16(19)21-2/h3-4,6,8-10,13H,5,7,11H2,1-2H3/b10-9+. The maximum absolute atomic E-state index is 12.2. The minimum Gasteiger partial charge on any atom is -0.496 e. The molecule has 0 N–H and O–H groups in total. The molecule has 0 bridgehead atoms. The zero-order valence-corrected chi connectivity index (χ0v) is 12.2. The summed E-state index contributed by atoms with van der Waals surface area (Å²) in [7, 11) is 2.93. The van der Waals surface area contributed by atoms with Crippen molar-refractivity contribution in [3.63, 3.8) is 0 Å². The van der Waals surface area contributed by atoms with Crippen molar-refractivity contribution in [2.24, 2.45) is 0 Å². The number of carbonyl (C=O) groups is 2. The van der Waals surface area contributed by atoms with Crippen molar-refractivity contribution < 1.29 is 19.1 Å². The number of carbonyl (C=O) groups excluding carboxylic acids is 2. The van der Waals surface area contributed by atoms with E-state index in [1.54, 1.807) is 18.1 Å². The minimum atomic E-state index is -0.468. The van der Waals surface area contributed by atoms with Crippen LogP contribution < -0.4 is 4.74 Å². The van der Waals surface area contributed by atoms with Crippen LogP contribution in [-0.2, 0) is 14.3 Å². The van der Waals surface area contributed by atoms with E-state index in [-0.39, 0.29) is 11.9 Å². The summed E-state index contributed by atoms with van der Waals surface area (Å²) in [5, 5.41) is 0. The molecule has 2 rings (SSSR count). The number of rotatable bonds is 4. The molecule has 1 fully saturated rings. The van der Waals surface area contributed by atoms with Crippen molar-refractivity contribution >= 4 is 18.0 Å². The van der Waals surface area contributed by atoms with Crippen molar-refractivity contribution in [1.82, 2.24) is 4.90 Å². The van der Waals surface area contributed by atoms with E-state index < -0.39 is 6.04 Å². The van der Waals surface area contributed by atoms with Gasteiger partial charge in [0.05, 0.1) is 14.2 Å². The predicted octanol–water partition coefficient (Wildman–Crippen LogP) is 1.87. The SMILES string of the molecule is COC(=O)C1CCCN1C(=O)/C=C/c1ccccc1OC. The van der Waals surface area contributed by atoms with Gasteiger partial charge in [-0.25, -0.2) is 4.79 Å². The van der Waals surface area contributed by atoms with Crippen LogP contribution in [0.15, 0.2) is 30.3 Å². The van der Waals surface area contributed by atoms with Gasteiger partial charge in [-0.3, -0.25) is 4.79 Å². The number of methoxy groups -OCH3 is 2. The fourth-order valence-corrected chi connectivity index (χ4v) is 2.47. The smallest absolute Gasteiger partial charge is 0.328 e. The van der Waals surface area contributed by atoms with Gasteiger partial charge < -0.3 is 14.4 Å². The molecule has 1 aliphatic rings. The molecule has 0 aliphatic carbocycles. The quantitative estimate of drug-likeness (QED) is 0.627. The van der Waals surface area contributed by atoms with E-state index >= 15 is 0 Å². The normalized spacial score (nSPS) is 18.0. The number of amides is 1. The molecule has 0 aromatic heterocycles. The Morgan fingerprint density at radius 3 is 2.76 bits per heavy atom. The van der Waals surface area contributed by atoms with E-state index in [1.807, 2.05) is 24.3 Å². The Morgan fingerprint density at radius 1 is 1.29 bits per heavy atom. The molecule has 1 amide bonds. The van der Waals surface area contributed by atoms with Crippen molar-refractivity contribution in [2.45, 2.75) is 18.9 Å². The molecule has 1 aromatic carbocycles. The van der Waals surface area contributed by atoms with Crippen LogP contribution in [0, 0.1) is 0 Å². The van der Waals surface area contributed by atoms with Gasteiger partial charge in [0, 0.05) is 18.2 Å². The summed E-state index contributed by atoms with van der Waals surface area (Å²) in [4.78, 5) is 25.4. The van der Waals surface area contributed by atoms with Crippen LogP contribution in [0.2, 0.25) is 0 Å². The van der Waals surface area contributed by atoms with Gasteiger partial charge in [0.2, 0.25) is 5.91 Å². The molecule has 1 atom stereocenters. The van der Waals surface area contributed by atoms with E-state index in [0.29, 0.717) is 18.7 Å². The van der Waals surface area contributed by atoms with Crippen LogP contribution in [0.5, 0.6) is 5.75 Å². The lowest BCUT2D eigenvalue weighted by Crippen LogP contribution is -2.40. The van der Waals surface area contributed by atoms with Gasteiger partial charge in [-0.15, -0.1) is 0 Å². The fraction of sp³-hybridized carbons (Fsp3) is 0.375. The fourth-order valence-electron chi connectivity index (χ4n) is 2.47. The van der Waals surface area contributed by atoms with E-state index in [2.05, 4.69) is 0 Å². The lowest BCUT2D eigenvalue weighted by atomic mass is 10.2. The first kappa shape index (κ1) is 15.1. The van der Waals surface area contributed by atoms with Gasteiger partial charge in [-0.2, -0.15) is 0 Å². The third-order valence-corrected chi connectivity index (χ3v) is 3.55. The summed E-state index contributed by atoms with van der Waals surface area (Å²) in [5.41, 5.74) is 0.821. The van der Waals surface area contributed by atoms with Crippen LogP contribution in [0.1, 0.15) is 18.4 Å². The van der Waals surface area contributed by atoms with Gasteiger partial charge in [-0.1, -0.05) is 18.2 Å². The molecule has 0 radical (unpaired) electrons. The zero-order valence-electron chi connectivity index (χ0n) is 12.2. The lowest BCUT2D eigenvalue weighted by molar-refractivity contribution is -0.149. The second-order valence-electron chi connectivity index (χ2n) is 4.79. The van der Waals surface area contributed by atoms with Crippen molar-refractivity contribution in [3.05, 3.63) is 35.9 Å². The van der Waals surface area contributed by atoms with E-state index in [1.165, 1.54) is 13.2 Å². The van der Waals surface area contributed by atoms with E-state index in [9.17, 15) is 9.59 Å². The molecule has 0 saturated carbocycles. The van der Waals surface area contributed by atoms with Crippen molar-refractivity contribution in [1.29, 1.82) is 0 Å². The number of esters is 1. The monoisotopic (exact) mass is 289 g/mol. The summed E-state index contributed by atoms with van der Waals surface area (Å²) in [6.07, 6.45) is 4.64. The van der Waals surface area contributed by atoms with Gasteiger partial charge in [0.25, 0.3) is 0 Å². The number of ether oxygens (including phenoxy) is 2. The molecule has 5 heteroatoms. The molecule has 1 aliphatic heterocycles. The molecular formula is C16H19NO4. The number of benzene rings is 1. The summed E-state index contributed by atoms with van der Waals surface area (Å²) in [6.45, 7) is 0.578. The molecular weight excluding hydrogens is 270 g/mol. The summed E-state index contributed by atoms with van der Waals surface area (Å²) in [5.74, 6) is 0.160. The van der Waals surface area contributed by atoms with Gasteiger partial charge >= 0.3 is 5.97 Å². The highest BCUT2D eigenvalue weighted by molar-refractivity contribution is 5.95. The Hall–Kier alpha value is -2.30. The Bertz CT molecular complexity index is 553. The molecule has 5 nitrogen and oxygen atoms in total. The number of nitrogens with zero attached hydrogens (tertiary/aromatic N) is 1. The molecule has 0 spiro atoms.